The lowest BCUT2D eigenvalue weighted by molar-refractivity contribution is 1.09. The second kappa shape index (κ2) is 5.59. The normalized spacial score (nSPS) is 30.5. The van der Waals surface area contributed by atoms with Gasteiger partial charge in [-0.15, -0.1) is 6.42 Å². The van der Waals surface area contributed by atoms with E-state index in [9.17, 15) is 0 Å². The third kappa shape index (κ3) is 4.26. The Morgan fingerprint density at radius 3 is 2.06 bits per heavy atom. The zero-order valence-corrected chi connectivity index (χ0v) is 14.1. The van der Waals surface area contributed by atoms with Gasteiger partial charge in [0.05, 0.1) is 13.4 Å². The van der Waals surface area contributed by atoms with Crippen LogP contribution in [0.2, 0.25) is 0 Å². The van der Waals surface area contributed by atoms with Crippen LogP contribution < -0.4 is 0 Å². The van der Waals surface area contributed by atoms with Crippen LogP contribution in [0.1, 0.15) is 13.3 Å². The Hall–Kier alpha value is 1.41. The smallest absolute Gasteiger partial charge is 0.212 e. The van der Waals surface area contributed by atoms with Crippen LogP contribution in [0.4, 0.5) is 0 Å². The lowest BCUT2D eigenvalue weighted by Gasteiger charge is -2.25. The largest absolute Gasteiger partial charge is 0.255 e. The first kappa shape index (κ1) is 15.5. The summed E-state index contributed by atoms with van der Waals surface area (Å²) in [4.78, 5) is 0. The fourth-order valence-electron chi connectivity index (χ4n) is 1.32. The Kier molecular flexibility index (Phi) is 5.40. The molecule has 3 nitrogen and oxygen atoms in total. The van der Waals surface area contributed by atoms with Crippen molar-refractivity contribution in [3.05, 3.63) is 0 Å². The summed E-state index contributed by atoms with van der Waals surface area (Å²) in [6.45, 7) is 2.01. The van der Waals surface area contributed by atoms with Gasteiger partial charge in [-0.1, -0.05) is 12.8 Å². The number of hydrogen-bond donors (Lipinski definition) is 0. The zero-order chi connectivity index (χ0) is 12.4. The molecular formula is C6H10Cl4N3P3. The Morgan fingerprint density at radius 1 is 1.06 bits per heavy atom. The molecule has 0 bridgehead atoms. The van der Waals surface area contributed by atoms with Crippen molar-refractivity contribution in [2.45, 2.75) is 13.3 Å². The lowest BCUT2D eigenvalue weighted by atomic mass is 10.6. The van der Waals surface area contributed by atoms with E-state index in [0.717, 1.165) is 12.6 Å². The average Bonchev–Trinajstić information content (AvgIpc) is 1.97. The van der Waals surface area contributed by atoms with Crippen LogP contribution in [0.3, 0.4) is 0 Å². The first-order valence-corrected chi connectivity index (χ1v) is 13.4. The Balaban J connectivity index is 3.43. The standard InChI is InChI=1S/C6H10Cl4N3P3/c1-3-5-14(6-4-2)11-15(7,8)13-16(9,10)12-14/h1H,4-6H2,2H3. The summed E-state index contributed by atoms with van der Waals surface area (Å²) >= 11 is 24.1. The van der Waals surface area contributed by atoms with E-state index < -0.39 is 19.0 Å². The third-order valence-electron chi connectivity index (χ3n) is 1.69. The van der Waals surface area contributed by atoms with Crippen molar-refractivity contribution < 1.29 is 0 Å². The molecule has 16 heavy (non-hydrogen) atoms. The van der Waals surface area contributed by atoms with Crippen molar-refractivity contribution in [2.24, 2.45) is 13.5 Å². The minimum Gasteiger partial charge on any atom is -0.212 e. The summed E-state index contributed by atoms with van der Waals surface area (Å²) in [5.41, 5.74) is 0. The maximum absolute atomic E-state index is 6.01. The molecule has 0 aromatic rings. The quantitative estimate of drug-likeness (QED) is 0.384. The molecule has 1 atom stereocenters. The van der Waals surface area contributed by atoms with Crippen LogP contribution >= 0.6 is 64.0 Å². The Labute approximate surface area is 115 Å². The summed E-state index contributed by atoms with van der Waals surface area (Å²) in [6, 6.07) is 0. The highest BCUT2D eigenvalue weighted by atomic mass is 35.9. The average molecular weight is 359 g/mol. The van der Waals surface area contributed by atoms with Gasteiger partial charge in [-0.05, 0) is 51.4 Å². The van der Waals surface area contributed by atoms with Crippen LogP contribution in [-0.4, -0.2) is 12.3 Å². The zero-order valence-electron chi connectivity index (χ0n) is 8.39. The summed E-state index contributed by atoms with van der Waals surface area (Å²) < 4.78 is 12.6. The van der Waals surface area contributed by atoms with Crippen molar-refractivity contribution in [1.29, 1.82) is 0 Å². The third-order valence-corrected chi connectivity index (χ3v) is 14.5. The highest BCUT2D eigenvalue weighted by Gasteiger charge is 2.32. The minimum atomic E-state index is -2.80. The molecule has 1 aliphatic rings. The summed E-state index contributed by atoms with van der Waals surface area (Å²) in [7, 11) is -2.14. The second-order valence-corrected chi connectivity index (χ2v) is 16.3. The molecule has 0 aromatic heterocycles. The van der Waals surface area contributed by atoms with Crippen molar-refractivity contribution in [3.8, 4) is 12.3 Å². The number of terminal acetylenes is 1. The van der Waals surface area contributed by atoms with Gasteiger partial charge in [0.25, 0.3) is 11.8 Å². The summed E-state index contributed by atoms with van der Waals surface area (Å²) in [5, 5.41) is 0. The fourth-order valence-corrected chi connectivity index (χ4v) is 18.6. The number of nitrogens with zero attached hydrogens (tertiary/aromatic N) is 3. The van der Waals surface area contributed by atoms with E-state index in [-0.39, 0.29) is 0 Å². The first-order chi connectivity index (χ1) is 7.24. The van der Waals surface area contributed by atoms with E-state index in [4.69, 9.17) is 51.4 Å². The molecule has 0 N–H and O–H groups in total. The lowest BCUT2D eigenvalue weighted by Crippen LogP contribution is -1.91. The molecule has 0 amide bonds. The van der Waals surface area contributed by atoms with Gasteiger partial charge >= 0.3 is 0 Å². The second-order valence-electron chi connectivity index (χ2n) is 3.14. The number of halogens is 4. The van der Waals surface area contributed by atoms with E-state index in [0.29, 0.717) is 6.16 Å². The van der Waals surface area contributed by atoms with E-state index >= 15 is 0 Å². The van der Waals surface area contributed by atoms with Gasteiger partial charge in [0.15, 0.2) is 0 Å². The van der Waals surface area contributed by atoms with Gasteiger partial charge in [-0.25, -0.2) is 9.03 Å². The Bertz CT molecular complexity index is 472. The van der Waals surface area contributed by atoms with Gasteiger partial charge in [0.1, 0.15) is 0 Å². The SMILES string of the molecule is C#CCP1(CCC)=NP(Cl)(Cl)=NP(Cl)(Cl)=N1. The van der Waals surface area contributed by atoms with Crippen molar-refractivity contribution in [2.75, 3.05) is 12.3 Å². The Morgan fingerprint density at radius 2 is 1.62 bits per heavy atom. The predicted octanol–water partition coefficient (Wildman–Crippen LogP) is 7.01. The van der Waals surface area contributed by atoms with Gasteiger partial charge < -0.3 is 0 Å². The molecular weight excluding hydrogens is 349 g/mol. The molecule has 0 fully saturated rings. The van der Waals surface area contributed by atoms with Crippen LogP contribution in [-0.2, 0) is 0 Å². The predicted molar refractivity (Wildman–Crippen MR) is 80.3 cm³/mol. The fraction of sp³-hybridized carbons (Fsp3) is 0.667. The maximum atomic E-state index is 6.01. The first-order valence-electron chi connectivity index (χ1n) is 4.36. The van der Waals surface area contributed by atoms with Crippen LogP contribution in [0.5, 0.6) is 0 Å². The van der Waals surface area contributed by atoms with Gasteiger partial charge in [0, 0.05) is 6.16 Å². The van der Waals surface area contributed by atoms with Crippen molar-refractivity contribution in [1.82, 2.24) is 0 Å². The molecule has 1 aliphatic heterocycles. The van der Waals surface area contributed by atoms with Crippen molar-refractivity contribution >= 4 is 64.0 Å². The van der Waals surface area contributed by atoms with Crippen molar-refractivity contribution in [3.63, 3.8) is 0 Å². The minimum absolute atomic E-state index is 0.402. The monoisotopic (exact) mass is 357 g/mol. The number of rotatable bonds is 3. The highest BCUT2D eigenvalue weighted by molar-refractivity contribution is 8.21. The molecule has 1 unspecified atom stereocenters. The molecule has 0 radical (unpaired) electrons. The highest BCUT2D eigenvalue weighted by Crippen LogP contribution is 2.85. The molecule has 1 rings (SSSR count). The molecule has 0 aliphatic carbocycles. The molecule has 0 spiro atoms. The maximum Gasteiger partial charge on any atom is 0.255 e. The van der Waals surface area contributed by atoms with Gasteiger partial charge in [-0.2, -0.15) is 4.52 Å². The van der Waals surface area contributed by atoms with E-state index in [1.165, 1.54) is 0 Å². The van der Waals surface area contributed by atoms with Crippen LogP contribution in [0.25, 0.3) is 0 Å². The van der Waals surface area contributed by atoms with Crippen LogP contribution in [0, 0.1) is 12.3 Å². The van der Waals surface area contributed by atoms with Crippen LogP contribution in [0.15, 0.2) is 13.5 Å². The van der Waals surface area contributed by atoms with Gasteiger partial charge in [-0.3, -0.25) is 0 Å². The van der Waals surface area contributed by atoms with E-state index in [2.05, 4.69) is 19.5 Å². The topological polar surface area (TPSA) is 37.1 Å². The van der Waals surface area contributed by atoms with Gasteiger partial charge in [0.2, 0.25) is 0 Å². The molecule has 1 heterocycles. The van der Waals surface area contributed by atoms with E-state index in [1.54, 1.807) is 0 Å². The molecule has 0 saturated heterocycles. The summed E-state index contributed by atoms with van der Waals surface area (Å²) in [5.74, 6) is -3.04. The molecule has 0 saturated carbocycles. The van der Waals surface area contributed by atoms with E-state index in [1.807, 2.05) is 6.92 Å². The molecule has 92 valence electrons. The molecule has 0 aromatic carbocycles. The number of hydrogen-bond acceptors (Lipinski definition) is 3. The molecule has 10 heteroatoms. The summed E-state index contributed by atoms with van der Waals surface area (Å²) in [6.07, 6.45) is 7.34.